The maximum absolute atomic E-state index is 12.8. The Labute approximate surface area is 135 Å². The van der Waals surface area contributed by atoms with Gasteiger partial charge in [-0.3, -0.25) is 9.59 Å². The van der Waals surface area contributed by atoms with Gasteiger partial charge in [0.15, 0.2) is 5.76 Å². The van der Waals surface area contributed by atoms with Crippen LogP contribution in [0.15, 0.2) is 35.1 Å². The molecule has 122 valence electrons. The van der Waals surface area contributed by atoms with Gasteiger partial charge in [0, 0.05) is 49.9 Å². The maximum atomic E-state index is 12.8. The lowest BCUT2D eigenvalue weighted by Crippen LogP contribution is -2.35. The van der Waals surface area contributed by atoms with E-state index in [-0.39, 0.29) is 17.7 Å². The predicted octanol–water partition coefficient (Wildman–Crippen LogP) is 1.80. The number of carbonyl (C=O) groups excluding carboxylic acids is 2. The molecule has 23 heavy (non-hydrogen) atoms. The van der Waals surface area contributed by atoms with Crippen LogP contribution in [0.3, 0.4) is 0 Å². The fourth-order valence-corrected chi connectivity index (χ4v) is 3.06. The van der Waals surface area contributed by atoms with Crippen molar-refractivity contribution in [1.29, 1.82) is 0 Å². The minimum Gasteiger partial charge on any atom is -0.459 e. The lowest BCUT2D eigenvalue weighted by molar-refractivity contribution is -0.121. The van der Waals surface area contributed by atoms with Crippen molar-refractivity contribution in [2.24, 2.45) is 5.92 Å². The van der Waals surface area contributed by atoms with Crippen LogP contribution < -0.4 is 5.32 Å². The lowest BCUT2D eigenvalue weighted by Gasteiger charge is -2.23. The number of nitrogens with zero attached hydrogens (tertiary/aromatic N) is 2. The van der Waals surface area contributed by atoms with Gasteiger partial charge in [0.05, 0.1) is 12.8 Å². The Morgan fingerprint density at radius 1 is 1.35 bits per heavy atom. The van der Waals surface area contributed by atoms with Crippen molar-refractivity contribution in [1.82, 2.24) is 14.8 Å². The zero-order chi connectivity index (χ0) is 16.4. The molecule has 3 rings (SSSR count). The highest BCUT2D eigenvalue weighted by Gasteiger charge is 2.28. The highest BCUT2D eigenvalue weighted by Crippen LogP contribution is 2.22. The maximum Gasteiger partial charge on any atom is 0.290 e. The van der Waals surface area contributed by atoms with E-state index in [2.05, 4.69) is 9.88 Å². The van der Waals surface area contributed by atoms with Crippen molar-refractivity contribution in [2.75, 3.05) is 13.6 Å². The van der Waals surface area contributed by atoms with Gasteiger partial charge < -0.3 is 19.2 Å². The molecule has 0 saturated heterocycles. The van der Waals surface area contributed by atoms with E-state index in [9.17, 15) is 9.59 Å². The number of furan rings is 1. The standard InChI is InChI=1S/C17H21N3O3/c1-12-5-7-23-16(12)17(22)20-10-13(8-15(21)18-2)9-19-6-3-4-14(19)11-20/h3-7,13H,8-11H2,1-2H3,(H,18,21). The second-order valence-corrected chi connectivity index (χ2v) is 6.01. The third-order valence-corrected chi connectivity index (χ3v) is 4.31. The van der Waals surface area contributed by atoms with Crippen LogP contribution in [0.25, 0.3) is 0 Å². The monoisotopic (exact) mass is 315 g/mol. The van der Waals surface area contributed by atoms with E-state index in [4.69, 9.17) is 4.42 Å². The summed E-state index contributed by atoms with van der Waals surface area (Å²) in [5.74, 6) is 0.322. The van der Waals surface area contributed by atoms with Crippen molar-refractivity contribution in [3.8, 4) is 0 Å². The van der Waals surface area contributed by atoms with Crippen LogP contribution in [0.1, 0.15) is 28.2 Å². The van der Waals surface area contributed by atoms with Crippen molar-refractivity contribution >= 4 is 11.8 Å². The minimum atomic E-state index is -0.121. The van der Waals surface area contributed by atoms with Gasteiger partial charge in [0.25, 0.3) is 5.91 Å². The average molecular weight is 315 g/mol. The summed E-state index contributed by atoms with van der Waals surface area (Å²) in [5.41, 5.74) is 1.90. The van der Waals surface area contributed by atoms with Crippen molar-refractivity contribution in [3.63, 3.8) is 0 Å². The summed E-state index contributed by atoms with van der Waals surface area (Å²) in [4.78, 5) is 26.3. The molecule has 0 aliphatic carbocycles. The molecule has 0 aromatic carbocycles. The summed E-state index contributed by atoms with van der Waals surface area (Å²) in [7, 11) is 1.63. The van der Waals surface area contributed by atoms with Crippen molar-refractivity contribution in [2.45, 2.75) is 26.4 Å². The first-order chi connectivity index (χ1) is 11.1. The van der Waals surface area contributed by atoms with Crippen LogP contribution in [0.4, 0.5) is 0 Å². The number of nitrogens with one attached hydrogen (secondary N) is 1. The van der Waals surface area contributed by atoms with Crippen LogP contribution in [-0.2, 0) is 17.9 Å². The Kier molecular flexibility index (Phi) is 4.23. The van der Waals surface area contributed by atoms with E-state index in [0.29, 0.717) is 25.3 Å². The molecule has 2 aromatic heterocycles. The molecule has 1 aliphatic heterocycles. The van der Waals surface area contributed by atoms with E-state index in [0.717, 1.165) is 17.8 Å². The smallest absolute Gasteiger partial charge is 0.290 e. The first kappa shape index (κ1) is 15.4. The second kappa shape index (κ2) is 6.32. The van der Waals surface area contributed by atoms with Crippen LogP contribution in [-0.4, -0.2) is 34.9 Å². The first-order valence-electron chi connectivity index (χ1n) is 7.76. The molecule has 6 nitrogen and oxygen atoms in total. The summed E-state index contributed by atoms with van der Waals surface area (Å²) in [6.07, 6.45) is 3.93. The van der Waals surface area contributed by atoms with Gasteiger partial charge in [-0.25, -0.2) is 0 Å². The molecule has 0 saturated carbocycles. The highest BCUT2D eigenvalue weighted by molar-refractivity contribution is 5.92. The first-order valence-corrected chi connectivity index (χ1v) is 7.76. The molecule has 6 heteroatoms. The van der Waals surface area contributed by atoms with Crippen LogP contribution in [0.5, 0.6) is 0 Å². The number of carbonyl (C=O) groups is 2. The molecule has 0 spiro atoms. The van der Waals surface area contributed by atoms with Crippen LogP contribution in [0.2, 0.25) is 0 Å². The Hall–Kier alpha value is -2.50. The SMILES string of the molecule is CNC(=O)CC1CN(C(=O)c2occc2C)Cc2cccn2C1. The number of rotatable bonds is 3. The molecule has 0 bridgehead atoms. The number of aromatic nitrogens is 1. The number of fused-ring (bicyclic) bond motifs is 1. The molecule has 0 fully saturated rings. The Bertz CT molecular complexity index is 716. The quantitative estimate of drug-likeness (QED) is 0.939. The molecule has 1 N–H and O–H groups in total. The summed E-state index contributed by atoms with van der Waals surface area (Å²) >= 11 is 0. The Balaban J connectivity index is 1.86. The third kappa shape index (κ3) is 3.16. The van der Waals surface area contributed by atoms with E-state index < -0.39 is 0 Å². The van der Waals surface area contributed by atoms with Gasteiger partial charge in [-0.15, -0.1) is 0 Å². The summed E-state index contributed by atoms with van der Waals surface area (Å²) in [6.45, 7) is 3.65. The largest absolute Gasteiger partial charge is 0.459 e. The summed E-state index contributed by atoms with van der Waals surface area (Å²) in [6, 6.07) is 5.77. The fourth-order valence-electron chi connectivity index (χ4n) is 3.06. The molecule has 1 aliphatic rings. The molecule has 0 radical (unpaired) electrons. The normalized spacial score (nSPS) is 17.5. The third-order valence-electron chi connectivity index (χ3n) is 4.31. The van der Waals surface area contributed by atoms with E-state index in [1.807, 2.05) is 25.3 Å². The number of hydrogen-bond donors (Lipinski definition) is 1. The van der Waals surface area contributed by atoms with Gasteiger partial charge >= 0.3 is 0 Å². The van der Waals surface area contributed by atoms with Crippen LogP contribution in [0, 0.1) is 12.8 Å². The Morgan fingerprint density at radius 3 is 2.87 bits per heavy atom. The number of hydrogen-bond acceptors (Lipinski definition) is 3. The minimum absolute atomic E-state index is 0.00724. The topological polar surface area (TPSA) is 67.5 Å². The van der Waals surface area contributed by atoms with Gasteiger partial charge in [-0.2, -0.15) is 0 Å². The molecule has 2 aromatic rings. The summed E-state index contributed by atoms with van der Waals surface area (Å²) < 4.78 is 7.47. The van der Waals surface area contributed by atoms with E-state index in [1.54, 1.807) is 18.0 Å². The number of aryl methyl sites for hydroxylation is 1. The van der Waals surface area contributed by atoms with Crippen molar-refractivity contribution in [3.05, 3.63) is 47.7 Å². The molecule has 2 amide bonds. The fraction of sp³-hybridized carbons (Fsp3) is 0.412. The second-order valence-electron chi connectivity index (χ2n) is 6.01. The molecule has 1 unspecified atom stereocenters. The lowest BCUT2D eigenvalue weighted by atomic mass is 10.0. The summed E-state index contributed by atoms with van der Waals surface area (Å²) in [5, 5.41) is 2.66. The highest BCUT2D eigenvalue weighted by atomic mass is 16.3. The average Bonchev–Trinajstić information content (AvgIpc) is 3.11. The van der Waals surface area contributed by atoms with Gasteiger partial charge in [0.1, 0.15) is 0 Å². The van der Waals surface area contributed by atoms with Gasteiger partial charge in [-0.1, -0.05) is 0 Å². The van der Waals surface area contributed by atoms with Crippen molar-refractivity contribution < 1.29 is 14.0 Å². The Morgan fingerprint density at radius 2 is 2.17 bits per heavy atom. The van der Waals surface area contributed by atoms with E-state index in [1.165, 1.54) is 6.26 Å². The predicted molar refractivity (Wildman–Crippen MR) is 84.8 cm³/mol. The molecule has 3 heterocycles. The molecular weight excluding hydrogens is 294 g/mol. The van der Waals surface area contributed by atoms with Crippen LogP contribution >= 0.6 is 0 Å². The van der Waals surface area contributed by atoms with Gasteiger partial charge in [0.2, 0.25) is 5.91 Å². The van der Waals surface area contributed by atoms with E-state index >= 15 is 0 Å². The zero-order valence-corrected chi connectivity index (χ0v) is 13.4. The number of amides is 2. The molecule has 1 atom stereocenters. The van der Waals surface area contributed by atoms with Gasteiger partial charge in [-0.05, 0) is 25.1 Å². The molecular formula is C17H21N3O3. The zero-order valence-electron chi connectivity index (χ0n) is 13.4.